The van der Waals surface area contributed by atoms with E-state index in [1.165, 1.54) is 5.56 Å². The molecule has 0 aliphatic carbocycles. The standard InChI is InChI=1S/C16H25NO3/c1-11-5-12-6-14(19-4)13(7-15(12)20-11)8-17-9-16(2,3)10-18/h6-7,11,17-18H,5,8-10H2,1-4H3. The topological polar surface area (TPSA) is 50.7 Å². The molecule has 1 atom stereocenters. The summed E-state index contributed by atoms with van der Waals surface area (Å²) >= 11 is 0. The molecule has 1 unspecified atom stereocenters. The molecule has 1 aromatic rings. The molecule has 112 valence electrons. The number of fused-ring (bicyclic) bond motifs is 1. The maximum Gasteiger partial charge on any atom is 0.123 e. The fourth-order valence-electron chi connectivity index (χ4n) is 2.40. The molecule has 2 rings (SSSR count). The number of hydrogen-bond donors (Lipinski definition) is 2. The first kappa shape index (κ1) is 15.1. The zero-order valence-electron chi connectivity index (χ0n) is 12.8. The van der Waals surface area contributed by atoms with E-state index >= 15 is 0 Å². The molecule has 20 heavy (non-hydrogen) atoms. The molecule has 0 aromatic heterocycles. The van der Waals surface area contributed by atoms with E-state index in [2.05, 4.69) is 24.4 Å². The Labute approximate surface area is 121 Å². The lowest BCUT2D eigenvalue weighted by Crippen LogP contribution is -2.31. The number of aliphatic hydroxyl groups is 1. The van der Waals surface area contributed by atoms with Crippen LogP contribution < -0.4 is 14.8 Å². The number of ether oxygens (including phenoxy) is 2. The van der Waals surface area contributed by atoms with Crippen LogP contribution in [0, 0.1) is 5.41 Å². The van der Waals surface area contributed by atoms with Gasteiger partial charge in [-0.3, -0.25) is 0 Å². The number of methoxy groups -OCH3 is 1. The summed E-state index contributed by atoms with van der Waals surface area (Å²) in [5.74, 6) is 1.87. The first-order valence-corrected chi connectivity index (χ1v) is 7.13. The van der Waals surface area contributed by atoms with Crippen LogP contribution >= 0.6 is 0 Å². The molecule has 2 N–H and O–H groups in total. The SMILES string of the molecule is COc1cc2c(cc1CNCC(C)(C)CO)OC(C)C2. The minimum absolute atomic E-state index is 0.116. The van der Waals surface area contributed by atoms with Gasteiger partial charge in [0, 0.05) is 42.7 Å². The van der Waals surface area contributed by atoms with Crippen molar-refractivity contribution in [3.05, 3.63) is 23.3 Å². The van der Waals surface area contributed by atoms with E-state index in [1.54, 1.807) is 7.11 Å². The Bertz CT molecular complexity index is 471. The Morgan fingerprint density at radius 3 is 2.85 bits per heavy atom. The van der Waals surface area contributed by atoms with Gasteiger partial charge in [0.25, 0.3) is 0 Å². The lowest BCUT2D eigenvalue weighted by molar-refractivity contribution is 0.156. The molecule has 0 radical (unpaired) electrons. The Morgan fingerprint density at radius 2 is 2.20 bits per heavy atom. The van der Waals surface area contributed by atoms with Crippen molar-refractivity contribution in [1.29, 1.82) is 0 Å². The van der Waals surface area contributed by atoms with E-state index in [-0.39, 0.29) is 18.1 Å². The van der Waals surface area contributed by atoms with Gasteiger partial charge < -0.3 is 19.9 Å². The van der Waals surface area contributed by atoms with Crippen LogP contribution in [-0.2, 0) is 13.0 Å². The van der Waals surface area contributed by atoms with Crippen LogP contribution in [0.4, 0.5) is 0 Å². The van der Waals surface area contributed by atoms with Crippen molar-refractivity contribution in [3.8, 4) is 11.5 Å². The van der Waals surface area contributed by atoms with Gasteiger partial charge in [-0.2, -0.15) is 0 Å². The third kappa shape index (κ3) is 3.44. The molecule has 4 heteroatoms. The van der Waals surface area contributed by atoms with Crippen molar-refractivity contribution in [2.45, 2.75) is 39.8 Å². The van der Waals surface area contributed by atoms with Crippen LogP contribution in [0.15, 0.2) is 12.1 Å². The third-order valence-electron chi connectivity index (χ3n) is 3.65. The van der Waals surface area contributed by atoms with Crippen LogP contribution in [0.3, 0.4) is 0 Å². The highest BCUT2D eigenvalue weighted by atomic mass is 16.5. The third-order valence-corrected chi connectivity index (χ3v) is 3.65. The molecule has 0 fully saturated rings. The molecule has 0 bridgehead atoms. The van der Waals surface area contributed by atoms with E-state index in [9.17, 15) is 5.11 Å². The molecule has 0 amide bonds. The van der Waals surface area contributed by atoms with E-state index < -0.39 is 0 Å². The summed E-state index contributed by atoms with van der Waals surface area (Å²) in [7, 11) is 1.70. The molecule has 0 saturated heterocycles. The van der Waals surface area contributed by atoms with Crippen LogP contribution in [-0.4, -0.2) is 31.5 Å². The van der Waals surface area contributed by atoms with Crippen molar-refractivity contribution in [2.75, 3.05) is 20.3 Å². The van der Waals surface area contributed by atoms with Gasteiger partial charge in [-0.15, -0.1) is 0 Å². The number of aliphatic hydroxyl groups excluding tert-OH is 1. The molecule has 1 aliphatic heterocycles. The van der Waals surface area contributed by atoms with Crippen LogP contribution in [0.1, 0.15) is 31.9 Å². The highest BCUT2D eigenvalue weighted by Crippen LogP contribution is 2.34. The molecule has 0 spiro atoms. The van der Waals surface area contributed by atoms with Gasteiger partial charge in [-0.25, -0.2) is 0 Å². The second-order valence-electron chi connectivity index (χ2n) is 6.33. The summed E-state index contributed by atoms with van der Waals surface area (Å²) in [5, 5.41) is 12.6. The van der Waals surface area contributed by atoms with Crippen molar-refractivity contribution >= 4 is 0 Å². The normalized spacial score (nSPS) is 17.8. The average molecular weight is 279 g/mol. The second-order valence-corrected chi connectivity index (χ2v) is 6.33. The molecular formula is C16H25NO3. The maximum atomic E-state index is 9.26. The fraction of sp³-hybridized carbons (Fsp3) is 0.625. The average Bonchev–Trinajstić information content (AvgIpc) is 2.76. The van der Waals surface area contributed by atoms with E-state index in [0.29, 0.717) is 6.54 Å². The summed E-state index contributed by atoms with van der Waals surface area (Å²) in [6.45, 7) is 7.77. The first-order valence-electron chi connectivity index (χ1n) is 7.13. The van der Waals surface area contributed by atoms with Gasteiger partial charge in [0.1, 0.15) is 17.6 Å². The zero-order valence-corrected chi connectivity index (χ0v) is 12.8. The van der Waals surface area contributed by atoms with E-state index in [1.807, 2.05) is 13.8 Å². The number of nitrogens with one attached hydrogen (secondary N) is 1. The van der Waals surface area contributed by atoms with Crippen LogP contribution in [0.5, 0.6) is 11.5 Å². The Hall–Kier alpha value is -1.26. The smallest absolute Gasteiger partial charge is 0.123 e. The highest BCUT2D eigenvalue weighted by molar-refractivity contribution is 5.48. The van der Waals surface area contributed by atoms with Gasteiger partial charge in [0.05, 0.1) is 7.11 Å². The van der Waals surface area contributed by atoms with E-state index in [0.717, 1.165) is 30.0 Å². The monoisotopic (exact) mass is 279 g/mol. The fourth-order valence-corrected chi connectivity index (χ4v) is 2.40. The van der Waals surface area contributed by atoms with Gasteiger partial charge in [-0.05, 0) is 19.1 Å². The minimum Gasteiger partial charge on any atom is -0.496 e. The van der Waals surface area contributed by atoms with Gasteiger partial charge in [0.15, 0.2) is 0 Å². The van der Waals surface area contributed by atoms with Gasteiger partial charge in [0.2, 0.25) is 0 Å². The molecule has 1 heterocycles. The lowest BCUT2D eigenvalue weighted by Gasteiger charge is -2.22. The van der Waals surface area contributed by atoms with Crippen molar-refractivity contribution in [2.24, 2.45) is 5.41 Å². The predicted molar refractivity (Wildman–Crippen MR) is 79.4 cm³/mol. The first-order chi connectivity index (χ1) is 9.45. The van der Waals surface area contributed by atoms with Crippen molar-refractivity contribution in [3.63, 3.8) is 0 Å². The molecular weight excluding hydrogens is 254 g/mol. The number of rotatable bonds is 6. The molecule has 4 nitrogen and oxygen atoms in total. The maximum absolute atomic E-state index is 9.26. The number of benzene rings is 1. The largest absolute Gasteiger partial charge is 0.496 e. The quantitative estimate of drug-likeness (QED) is 0.837. The minimum atomic E-state index is -0.116. The van der Waals surface area contributed by atoms with Gasteiger partial charge >= 0.3 is 0 Å². The van der Waals surface area contributed by atoms with Crippen LogP contribution in [0.2, 0.25) is 0 Å². The van der Waals surface area contributed by atoms with Crippen molar-refractivity contribution < 1.29 is 14.6 Å². The lowest BCUT2D eigenvalue weighted by atomic mass is 9.95. The molecule has 1 aliphatic rings. The molecule has 0 saturated carbocycles. The Kier molecular flexibility index (Phi) is 4.55. The Balaban J connectivity index is 2.06. The summed E-state index contributed by atoms with van der Waals surface area (Å²) in [6.07, 6.45) is 1.18. The molecule has 1 aromatic carbocycles. The predicted octanol–water partition coefficient (Wildman–Crippen LogP) is 2.13. The van der Waals surface area contributed by atoms with E-state index in [4.69, 9.17) is 9.47 Å². The van der Waals surface area contributed by atoms with Gasteiger partial charge in [-0.1, -0.05) is 13.8 Å². The summed E-state index contributed by atoms with van der Waals surface area (Å²) in [6, 6.07) is 4.14. The summed E-state index contributed by atoms with van der Waals surface area (Å²) in [4.78, 5) is 0. The Morgan fingerprint density at radius 1 is 1.45 bits per heavy atom. The van der Waals surface area contributed by atoms with Crippen LogP contribution in [0.25, 0.3) is 0 Å². The highest BCUT2D eigenvalue weighted by Gasteiger charge is 2.22. The number of hydrogen-bond acceptors (Lipinski definition) is 4. The summed E-state index contributed by atoms with van der Waals surface area (Å²) in [5.41, 5.74) is 2.19. The second kappa shape index (κ2) is 6.02. The summed E-state index contributed by atoms with van der Waals surface area (Å²) < 4.78 is 11.3. The zero-order chi connectivity index (χ0) is 14.8. The van der Waals surface area contributed by atoms with Crippen molar-refractivity contribution in [1.82, 2.24) is 5.32 Å².